The van der Waals surface area contributed by atoms with Crippen LogP contribution in [0.15, 0.2) is 18.5 Å². The summed E-state index contributed by atoms with van der Waals surface area (Å²) in [7, 11) is 0. The average Bonchev–Trinajstić information content (AvgIpc) is 2.67. The lowest BCUT2D eigenvalue weighted by molar-refractivity contribution is 0.137. The lowest BCUT2D eigenvalue weighted by Gasteiger charge is -2.27. The molecule has 0 saturated carbocycles. The van der Waals surface area contributed by atoms with Gasteiger partial charge in [-0.2, -0.15) is 5.10 Å². The number of nitrogens with one attached hydrogen (secondary N) is 1. The molecule has 1 aliphatic rings. The van der Waals surface area contributed by atoms with E-state index in [9.17, 15) is 0 Å². The molecule has 1 N–H and O–H groups in total. The van der Waals surface area contributed by atoms with Crippen molar-refractivity contribution in [1.29, 1.82) is 0 Å². The van der Waals surface area contributed by atoms with Crippen LogP contribution in [0.1, 0.15) is 26.5 Å². The minimum atomic E-state index is 0.0291. The van der Waals surface area contributed by atoms with Crippen LogP contribution in [0, 0.1) is 0 Å². The molecule has 3 heterocycles. The van der Waals surface area contributed by atoms with Crippen LogP contribution in [-0.2, 0) is 5.41 Å². The largest absolute Gasteiger partial charge is 0.470 e. The highest BCUT2D eigenvalue weighted by Gasteiger charge is 2.23. The summed E-state index contributed by atoms with van der Waals surface area (Å²) < 4.78 is 7.70. The van der Waals surface area contributed by atoms with Crippen molar-refractivity contribution >= 4 is 5.52 Å². The fourth-order valence-electron chi connectivity index (χ4n) is 1.86. The Kier molecular flexibility index (Phi) is 2.52. The Balaban J connectivity index is 2.01. The molecule has 0 aliphatic carbocycles. The van der Waals surface area contributed by atoms with Gasteiger partial charge in [0.25, 0.3) is 0 Å². The Bertz CT molecular complexity index is 566. The fraction of sp³-hybridized carbons (Fsp3) is 0.538. The molecular weight excluding hydrogens is 228 g/mol. The normalized spacial score (nSPS) is 16.8. The molecule has 0 spiro atoms. The van der Waals surface area contributed by atoms with Gasteiger partial charge in [0.05, 0.1) is 5.69 Å². The van der Waals surface area contributed by atoms with E-state index in [2.05, 4.69) is 42.2 Å². The lowest BCUT2D eigenvalue weighted by Crippen LogP contribution is -2.50. The standard InChI is InChI=1S/C13H18N4O/c1-13(2,3)11-6-10-12(18-9-7-14-8-9)15-4-5-17(10)16-11/h4-6,9,14H,7-8H2,1-3H3. The van der Waals surface area contributed by atoms with Crippen LogP contribution in [-0.4, -0.2) is 33.8 Å². The van der Waals surface area contributed by atoms with E-state index in [1.54, 1.807) is 6.20 Å². The minimum absolute atomic E-state index is 0.0291. The molecule has 5 nitrogen and oxygen atoms in total. The van der Waals surface area contributed by atoms with Crippen molar-refractivity contribution in [3.05, 3.63) is 24.2 Å². The maximum absolute atomic E-state index is 5.86. The molecular formula is C13H18N4O. The van der Waals surface area contributed by atoms with Crippen LogP contribution in [0.5, 0.6) is 5.88 Å². The highest BCUT2D eigenvalue weighted by atomic mass is 16.5. The van der Waals surface area contributed by atoms with E-state index in [0.717, 1.165) is 24.3 Å². The van der Waals surface area contributed by atoms with Crippen LogP contribution in [0.2, 0.25) is 0 Å². The van der Waals surface area contributed by atoms with E-state index in [1.165, 1.54) is 0 Å². The summed E-state index contributed by atoms with van der Waals surface area (Å²) in [6.45, 7) is 8.24. The van der Waals surface area contributed by atoms with Gasteiger partial charge in [-0.3, -0.25) is 0 Å². The number of rotatable bonds is 2. The predicted octanol–water partition coefficient (Wildman–Crippen LogP) is 1.38. The summed E-state index contributed by atoms with van der Waals surface area (Å²) in [6.07, 6.45) is 3.82. The van der Waals surface area contributed by atoms with E-state index in [-0.39, 0.29) is 11.5 Å². The van der Waals surface area contributed by atoms with E-state index in [0.29, 0.717) is 5.88 Å². The van der Waals surface area contributed by atoms with Crippen molar-refractivity contribution in [1.82, 2.24) is 19.9 Å². The smallest absolute Gasteiger partial charge is 0.240 e. The first kappa shape index (κ1) is 11.5. The van der Waals surface area contributed by atoms with Gasteiger partial charge >= 0.3 is 0 Å². The molecule has 1 saturated heterocycles. The number of aromatic nitrogens is 3. The molecule has 0 atom stereocenters. The zero-order valence-electron chi connectivity index (χ0n) is 11.0. The summed E-state index contributed by atoms with van der Waals surface area (Å²) >= 11 is 0. The molecule has 1 fully saturated rings. The number of hydrogen-bond acceptors (Lipinski definition) is 4. The Hall–Kier alpha value is -1.62. The van der Waals surface area contributed by atoms with Crippen LogP contribution in [0.4, 0.5) is 0 Å². The Morgan fingerprint density at radius 1 is 1.39 bits per heavy atom. The molecule has 18 heavy (non-hydrogen) atoms. The Morgan fingerprint density at radius 2 is 2.17 bits per heavy atom. The second-order valence-corrected chi connectivity index (χ2v) is 5.74. The molecule has 0 aromatic carbocycles. The van der Waals surface area contributed by atoms with Gasteiger partial charge < -0.3 is 10.1 Å². The van der Waals surface area contributed by atoms with Crippen molar-refractivity contribution in [2.24, 2.45) is 0 Å². The van der Waals surface area contributed by atoms with Crippen LogP contribution >= 0.6 is 0 Å². The van der Waals surface area contributed by atoms with Crippen molar-refractivity contribution in [3.63, 3.8) is 0 Å². The van der Waals surface area contributed by atoms with Gasteiger partial charge in [0.1, 0.15) is 11.6 Å². The van der Waals surface area contributed by atoms with Gasteiger partial charge in [0.15, 0.2) is 0 Å². The third kappa shape index (κ3) is 1.95. The van der Waals surface area contributed by atoms with E-state index in [4.69, 9.17) is 4.74 Å². The first-order valence-corrected chi connectivity index (χ1v) is 6.26. The quantitative estimate of drug-likeness (QED) is 0.869. The van der Waals surface area contributed by atoms with Crippen LogP contribution < -0.4 is 10.1 Å². The molecule has 5 heteroatoms. The zero-order chi connectivity index (χ0) is 12.8. The second-order valence-electron chi connectivity index (χ2n) is 5.74. The van der Waals surface area contributed by atoms with Gasteiger partial charge in [-0.05, 0) is 6.07 Å². The van der Waals surface area contributed by atoms with Crippen molar-refractivity contribution < 1.29 is 4.74 Å². The Morgan fingerprint density at radius 3 is 2.78 bits per heavy atom. The zero-order valence-corrected chi connectivity index (χ0v) is 11.0. The van der Waals surface area contributed by atoms with Crippen LogP contribution in [0.25, 0.3) is 5.52 Å². The Labute approximate surface area is 106 Å². The monoisotopic (exact) mass is 246 g/mol. The summed E-state index contributed by atoms with van der Waals surface area (Å²) in [5, 5.41) is 7.76. The average molecular weight is 246 g/mol. The molecule has 0 amide bonds. The van der Waals surface area contributed by atoms with E-state index < -0.39 is 0 Å². The first-order valence-electron chi connectivity index (χ1n) is 6.26. The second kappa shape index (κ2) is 3.95. The topological polar surface area (TPSA) is 51.5 Å². The fourth-order valence-corrected chi connectivity index (χ4v) is 1.86. The van der Waals surface area contributed by atoms with Gasteiger partial charge in [0, 0.05) is 30.9 Å². The van der Waals surface area contributed by atoms with Crippen molar-refractivity contribution in [3.8, 4) is 5.88 Å². The SMILES string of the molecule is CC(C)(C)c1cc2c(OC3CNC3)nccn2n1. The third-order valence-electron chi connectivity index (χ3n) is 3.15. The summed E-state index contributed by atoms with van der Waals surface area (Å²) in [4.78, 5) is 4.31. The molecule has 2 aromatic rings. The number of ether oxygens (including phenoxy) is 1. The molecule has 0 unspecified atom stereocenters. The molecule has 2 aromatic heterocycles. The van der Waals surface area contributed by atoms with Gasteiger partial charge in [-0.1, -0.05) is 20.8 Å². The van der Waals surface area contributed by atoms with Gasteiger partial charge in [-0.25, -0.2) is 9.50 Å². The maximum Gasteiger partial charge on any atom is 0.240 e. The molecule has 0 radical (unpaired) electrons. The molecule has 1 aliphatic heterocycles. The number of nitrogens with zero attached hydrogens (tertiary/aromatic N) is 3. The van der Waals surface area contributed by atoms with E-state index in [1.807, 2.05) is 10.7 Å². The first-order chi connectivity index (χ1) is 8.54. The van der Waals surface area contributed by atoms with Gasteiger partial charge in [0.2, 0.25) is 5.88 Å². The van der Waals surface area contributed by atoms with Crippen molar-refractivity contribution in [2.75, 3.05) is 13.1 Å². The third-order valence-corrected chi connectivity index (χ3v) is 3.15. The van der Waals surface area contributed by atoms with Crippen molar-refractivity contribution in [2.45, 2.75) is 32.3 Å². The summed E-state index contributed by atoms with van der Waals surface area (Å²) in [5.41, 5.74) is 2.02. The highest BCUT2D eigenvalue weighted by molar-refractivity contribution is 5.57. The number of fused-ring (bicyclic) bond motifs is 1. The number of hydrogen-bond donors (Lipinski definition) is 1. The van der Waals surface area contributed by atoms with E-state index >= 15 is 0 Å². The molecule has 96 valence electrons. The maximum atomic E-state index is 5.86. The summed E-state index contributed by atoms with van der Waals surface area (Å²) in [5.74, 6) is 0.673. The lowest BCUT2D eigenvalue weighted by atomic mass is 9.92. The highest BCUT2D eigenvalue weighted by Crippen LogP contribution is 2.26. The molecule has 0 bridgehead atoms. The predicted molar refractivity (Wildman–Crippen MR) is 69.0 cm³/mol. The van der Waals surface area contributed by atoms with Crippen LogP contribution in [0.3, 0.4) is 0 Å². The summed E-state index contributed by atoms with van der Waals surface area (Å²) in [6, 6.07) is 2.06. The minimum Gasteiger partial charge on any atom is -0.470 e. The molecule has 3 rings (SSSR count). The van der Waals surface area contributed by atoms with Gasteiger partial charge in [-0.15, -0.1) is 0 Å².